The minimum atomic E-state index is -0.566. The Bertz CT molecular complexity index is 500. The quantitative estimate of drug-likeness (QED) is 0.653. The van der Waals surface area contributed by atoms with Crippen molar-refractivity contribution in [3.63, 3.8) is 0 Å². The lowest BCUT2D eigenvalue weighted by molar-refractivity contribution is -0.384. The number of carbonyl (C=O) groups is 1. The number of benzene rings is 1. The lowest BCUT2D eigenvalue weighted by Gasteiger charge is -2.19. The van der Waals surface area contributed by atoms with Crippen LogP contribution in [0.1, 0.15) is 13.3 Å². The summed E-state index contributed by atoms with van der Waals surface area (Å²) in [5.74, 6) is 0.426. The maximum Gasteiger partial charge on any atom is 0.296 e. The molecule has 0 spiro atoms. The average Bonchev–Trinajstić information content (AvgIpc) is 2.37. The van der Waals surface area contributed by atoms with Gasteiger partial charge in [-0.3, -0.25) is 14.9 Å². The first-order chi connectivity index (χ1) is 8.61. The van der Waals surface area contributed by atoms with Crippen LogP contribution in [0.2, 0.25) is 0 Å². The zero-order valence-corrected chi connectivity index (χ0v) is 9.76. The first kappa shape index (κ1) is 12.2. The molecule has 0 saturated heterocycles. The van der Waals surface area contributed by atoms with Crippen LogP contribution < -0.4 is 14.8 Å². The van der Waals surface area contributed by atoms with Gasteiger partial charge in [0.25, 0.3) is 5.69 Å². The molecule has 1 aliphatic rings. The van der Waals surface area contributed by atoms with Crippen molar-refractivity contribution in [2.24, 2.45) is 0 Å². The molecule has 7 nitrogen and oxygen atoms in total. The Labute approximate surface area is 103 Å². The molecule has 1 aromatic carbocycles. The van der Waals surface area contributed by atoms with E-state index in [1.807, 2.05) is 0 Å². The van der Waals surface area contributed by atoms with Crippen LogP contribution in [0.4, 0.5) is 11.4 Å². The summed E-state index contributed by atoms with van der Waals surface area (Å²) in [6, 6.07) is 2.68. The number of fused-ring (bicyclic) bond motifs is 1. The first-order valence-electron chi connectivity index (χ1n) is 5.49. The highest BCUT2D eigenvalue weighted by Crippen LogP contribution is 2.39. The molecule has 0 fully saturated rings. The van der Waals surface area contributed by atoms with Crippen LogP contribution in [-0.4, -0.2) is 24.0 Å². The van der Waals surface area contributed by atoms with Gasteiger partial charge in [0.2, 0.25) is 5.91 Å². The third-order valence-corrected chi connectivity index (χ3v) is 2.45. The monoisotopic (exact) mass is 252 g/mol. The number of nitrogens with one attached hydrogen (secondary N) is 1. The van der Waals surface area contributed by atoms with E-state index in [9.17, 15) is 14.9 Å². The van der Waals surface area contributed by atoms with Gasteiger partial charge >= 0.3 is 0 Å². The van der Waals surface area contributed by atoms with Gasteiger partial charge in [-0.05, 0) is 0 Å². The maximum absolute atomic E-state index is 11.3. The Morgan fingerprint density at radius 1 is 1.39 bits per heavy atom. The number of nitro benzene ring substituents is 1. The number of nitrogens with zero attached hydrogens (tertiary/aromatic N) is 1. The van der Waals surface area contributed by atoms with Crippen molar-refractivity contribution in [3.05, 3.63) is 22.2 Å². The second-order valence-corrected chi connectivity index (χ2v) is 3.67. The highest BCUT2D eigenvalue weighted by atomic mass is 16.6. The summed E-state index contributed by atoms with van der Waals surface area (Å²) in [6.07, 6.45) is 0.242. The number of amides is 1. The zero-order valence-electron chi connectivity index (χ0n) is 9.76. The molecule has 0 aromatic heterocycles. The van der Waals surface area contributed by atoms with Gasteiger partial charge in [0, 0.05) is 12.5 Å². The van der Waals surface area contributed by atoms with Crippen LogP contribution in [0.3, 0.4) is 0 Å². The fraction of sp³-hybridized carbons (Fsp3) is 0.364. The highest BCUT2D eigenvalue weighted by Gasteiger charge is 2.23. The first-order valence-corrected chi connectivity index (χ1v) is 5.49. The molecule has 96 valence electrons. The third kappa shape index (κ3) is 2.34. The molecule has 1 aliphatic heterocycles. The minimum Gasteiger partial charge on any atom is -0.486 e. The van der Waals surface area contributed by atoms with Crippen LogP contribution in [0, 0.1) is 10.1 Å². The molecule has 1 amide bonds. The number of anilines is 1. The molecular weight excluding hydrogens is 240 g/mol. The van der Waals surface area contributed by atoms with Gasteiger partial charge in [-0.1, -0.05) is 6.92 Å². The van der Waals surface area contributed by atoms with Crippen molar-refractivity contribution in [1.82, 2.24) is 0 Å². The Kier molecular flexibility index (Phi) is 3.31. The molecular formula is C11H12N2O5. The van der Waals surface area contributed by atoms with Gasteiger partial charge in [0.05, 0.1) is 11.0 Å². The largest absolute Gasteiger partial charge is 0.486 e. The highest BCUT2D eigenvalue weighted by molar-refractivity contribution is 5.93. The van der Waals surface area contributed by atoms with Crippen molar-refractivity contribution >= 4 is 17.3 Å². The van der Waals surface area contributed by atoms with E-state index in [1.54, 1.807) is 6.92 Å². The Hall–Kier alpha value is -2.31. The standard InChI is InChI=1S/C11H12N2O5/c1-2-11(14)12-7-5-9-10(18-4-3-17-9)6-8(7)13(15)16/h5-6H,2-4H2,1H3,(H,12,14). The summed E-state index contributed by atoms with van der Waals surface area (Å²) >= 11 is 0. The second-order valence-electron chi connectivity index (χ2n) is 3.67. The van der Waals surface area contributed by atoms with Gasteiger partial charge in [-0.25, -0.2) is 0 Å². The molecule has 1 N–H and O–H groups in total. The van der Waals surface area contributed by atoms with Crippen molar-refractivity contribution < 1.29 is 19.2 Å². The van der Waals surface area contributed by atoms with Crippen molar-refractivity contribution in [2.75, 3.05) is 18.5 Å². The van der Waals surface area contributed by atoms with Crippen molar-refractivity contribution in [1.29, 1.82) is 0 Å². The van der Waals surface area contributed by atoms with E-state index in [1.165, 1.54) is 12.1 Å². The smallest absolute Gasteiger partial charge is 0.296 e. The molecule has 18 heavy (non-hydrogen) atoms. The third-order valence-electron chi connectivity index (χ3n) is 2.45. The molecule has 0 atom stereocenters. The Morgan fingerprint density at radius 3 is 2.56 bits per heavy atom. The number of hydrogen-bond acceptors (Lipinski definition) is 5. The summed E-state index contributed by atoms with van der Waals surface area (Å²) in [5, 5.41) is 13.4. The second kappa shape index (κ2) is 4.91. The number of rotatable bonds is 3. The lowest BCUT2D eigenvalue weighted by Crippen LogP contribution is -2.17. The summed E-state index contributed by atoms with van der Waals surface area (Å²) in [7, 11) is 0. The Morgan fingerprint density at radius 2 is 2.00 bits per heavy atom. The average molecular weight is 252 g/mol. The molecule has 2 rings (SSSR count). The summed E-state index contributed by atoms with van der Waals surface area (Å²) < 4.78 is 10.6. The molecule has 0 bridgehead atoms. The lowest BCUT2D eigenvalue weighted by atomic mass is 10.2. The van der Waals surface area contributed by atoms with E-state index in [2.05, 4.69) is 5.32 Å². The normalized spacial score (nSPS) is 12.9. The Balaban J connectivity index is 2.42. The minimum absolute atomic E-state index is 0.121. The number of hydrogen-bond donors (Lipinski definition) is 1. The predicted molar refractivity (Wildman–Crippen MR) is 63.0 cm³/mol. The van der Waals surface area contributed by atoms with Gasteiger partial charge < -0.3 is 14.8 Å². The molecule has 1 heterocycles. The van der Waals surface area contributed by atoms with E-state index in [0.717, 1.165) is 0 Å². The van der Waals surface area contributed by atoms with Gasteiger partial charge in [-0.2, -0.15) is 0 Å². The topological polar surface area (TPSA) is 90.7 Å². The molecule has 7 heteroatoms. The van der Waals surface area contributed by atoms with Gasteiger partial charge in [0.15, 0.2) is 11.5 Å². The predicted octanol–water partition coefficient (Wildman–Crippen LogP) is 1.71. The van der Waals surface area contributed by atoms with Crippen LogP contribution in [0.5, 0.6) is 11.5 Å². The van der Waals surface area contributed by atoms with Gasteiger partial charge in [-0.15, -0.1) is 0 Å². The fourth-order valence-corrected chi connectivity index (χ4v) is 1.57. The van der Waals surface area contributed by atoms with Crippen LogP contribution in [0.15, 0.2) is 12.1 Å². The van der Waals surface area contributed by atoms with Crippen molar-refractivity contribution in [2.45, 2.75) is 13.3 Å². The van der Waals surface area contributed by atoms with E-state index in [4.69, 9.17) is 9.47 Å². The van der Waals surface area contributed by atoms with E-state index >= 15 is 0 Å². The van der Waals surface area contributed by atoms with E-state index in [0.29, 0.717) is 24.7 Å². The van der Waals surface area contributed by atoms with Crippen LogP contribution in [-0.2, 0) is 4.79 Å². The summed E-state index contributed by atoms with van der Waals surface area (Å²) in [5.41, 5.74) is -0.0860. The molecule has 1 aromatic rings. The SMILES string of the molecule is CCC(=O)Nc1cc2c(cc1[N+](=O)[O-])OCCO2. The van der Waals surface area contributed by atoms with Crippen LogP contribution in [0.25, 0.3) is 0 Å². The number of ether oxygens (including phenoxy) is 2. The number of carbonyl (C=O) groups excluding carboxylic acids is 1. The zero-order chi connectivity index (χ0) is 13.1. The molecule has 0 radical (unpaired) electrons. The fourth-order valence-electron chi connectivity index (χ4n) is 1.57. The van der Waals surface area contributed by atoms with Gasteiger partial charge in [0.1, 0.15) is 18.9 Å². The van der Waals surface area contributed by atoms with Crippen molar-refractivity contribution in [3.8, 4) is 11.5 Å². The van der Waals surface area contributed by atoms with E-state index in [-0.39, 0.29) is 23.7 Å². The summed E-state index contributed by atoms with van der Waals surface area (Å²) in [6.45, 7) is 2.40. The molecule has 0 aliphatic carbocycles. The molecule has 0 saturated carbocycles. The van der Waals surface area contributed by atoms with Crippen LogP contribution >= 0.6 is 0 Å². The molecule has 0 unspecified atom stereocenters. The maximum atomic E-state index is 11.3. The number of nitro groups is 1. The summed E-state index contributed by atoms with van der Waals surface area (Å²) in [4.78, 5) is 21.7. The van der Waals surface area contributed by atoms with E-state index < -0.39 is 4.92 Å².